The van der Waals surface area contributed by atoms with Crippen LogP contribution in [0.3, 0.4) is 0 Å². The van der Waals surface area contributed by atoms with Crippen molar-refractivity contribution in [2.75, 3.05) is 18.4 Å². The van der Waals surface area contributed by atoms with E-state index in [9.17, 15) is 14.4 Å². The van der Waals surface area contributed by atoms with E-state index >= 15 is 0 Å². The molecule has 0 atom stereocenters. The molecule has 3 N–H and O–H groups in total. The number of carbonyl (C=O) groups is 3. The molecule has 1 heterocycles. The fourth-order valence-electron chi connectivity index (χ4n) is 2.59. The van der Waals surface area contributed by atoms with Crippen LogP contribution in [-0.2, 0) is 4.79 Å². The van der Waals surface area contributed by atoms with Gasteiger partial charge in [-0.15, -0.1) is 11.3 Å². The standard InChI is InChI=1S/C19H22N4O3S/c1-11-16(27-12(2)22-11)19(26)23-15-7-5-14(6-8-15)18(25)21-10-9-20-17(24)13-3-4-13/h5-8,13H,3-4,9-10H2,1-2H3,(H,20,24)(H,21,25)(H,23,26). The molecule has 7 nitrogen and oxygen atoms in total. The number of hydrogen-bond acceptors (Lipinski definition) is 5. The number of amides is 3. The van der Waals surface area contributed by atoms with Crippen molar-refractivity contribution in [2.24, 2.45) is 5.92 Å². The summed E-state index contributed by atoms with van der Waals surface area (Å²) in [6.45, 7) is 4.46. The molecule has 0 aliphatic heterocycles. The highest BCUT2D eigenvalue weighted by molar-refractivity contribution is 7.13. The molecule has 1 fully saturated rings. The van der Waals surface area contributed by atoms with E-state index in [1.165, 1.54) is 11.3 Å². The third kappa shape index (κ3) is 5.13. The van der Waals surface area contributed by atoms with Crippen molar-refractivity contribution in [3.8, 4) is 0 Å². The Morgan fingerprint density at radius 2 is 1.70 bits per heavy atom. The van der Waals surface area contributed by atoms with Crippen LogP contribution < -0.4 is 16.0 Å². The van der Waals surface area contributed by atoms with Gasteiger partial charge in [0, 0.05) is 30.3 Å². The summed E-state index contributed by atoms with van der Waals surface area (Å²) in [6, 6.07) is 6.67. The highest BCUT2D eigenvalue weighted by Gasteiger charge is 2.29. The number of aromatic nitrogens is 1. The SMILES string of the molecule is Cc1nc(C)c(C(=O)Nc2ccc(C(=O)NCCNC(=O)C3CC3)cc2)s1. The van der Waals surface area contributed by atoms with Gasteiger partial charge in [0.25, 0.3) is 11.8 Å². The van der Waals surface area contributed by atoms with Gasteiger partial charge in [0.2, 0.25) is 5.91 Å². The molecule has 1 saturated carbocycles. The zero-order valence-corrected chi connectivity index (χ0v) is 16.1. The largest absolute Gasteiger partial charge is 0.354 e. The number of rotatable bonds is 7. The summed E-state index contributed by atoms with van der Waals surface area (Å²) in [4.78, 5) is 40.8. The monoisotopic (exact) mass is 386 g/mol. The first-order chi connectivity index (χ1) is 12.9. The summed E-state index contributed by atoms with van der Waals surface area (Å²) in [6.07, 6.45) is 1.92. The molecule has 1 aliphatic carbocycles. The van der Waals surface area contributed by atoms with Gasteiger partial charge < -0.3 is 16.0 Å². The highest BCUT2D eigenvalue weighted by Crippen LogP contribution is 2.28. The summed E-state index contributed by atoms with van der Waals surface area (Å²) in [5.41, 5.74) is 1.81. The van der Waals surface area contributed by atoms with Crippen LogP contribution in [0.15, 0.2) is 24.3 Å². The van der Waals surface area contributed by atoms with Crippen molar-refractivity contribution in [2.45, 2.75) is 26.7 Å². The quantitative estimate of drug-likeness (QED) is 0.636. The second-order valence-corrected chi connectivity index (χ2v) is 7.70. The lowest BCUT2D eigenvalue weighted by Crippen LogP contribution is -2.35. The summed E-state index contributed by atoms with van der Waals surface area (Å²) < 4.78 is 0. The lowest BCUT2D eigenvalue weighted by atomic mass is 10.2. The third-order valence-corrected chi connectivity index (χ3v) is 5.24. The molecule has 0 bridgehead atoms. The van der Waals surface area contributed by atoms with Gasteiger partial charge in [-0.25, -0.2) is 4.98 Å². The van der Waals surface area contributed by atoms with E-state index in [2.05, 4.69) is 20.9 Å². The minimum absolute atomic E-state index is 0.0655. The molecule has 0 unspecified atom stereocenters. The molecule has 142 valence electrons. The van der Waals surface area contributed by atoms with Crippen molar-refractivity contribution in [1.82, 2.24) is 15.6 Å². The normalized spacial score (nSPS) is 13.1. The summed E-state index contributed by atoms with van der Waals surface area (Å²) in [5, 5.41) is 9.22. The molecule has 27 heavy (non-hydrogen) atoms. The molecule has 0 spiro atoms. The fraction of sp³-hybridized carbons (Fsp3) is 0.368. The van der Waals surface area contributed by atoms with E-state index in [0.29, 0.717) is 34.9 Å². The number of hydrogen-bond donors (Lipinski definition) is 3. The Morgan fingerprint density at radius 3 is 2.30 bits per heavy atom. The van der Waals surface area contributed by atoms with Crippen LogP contribution in [-0.4, -0.2) is 35.8 Å². The number of carbonyl (C=O) groups excluding carboxylic acids is 3. The van der Waals surface area contributed by atoms with Crippen molar-refractivity contribution >= 4 is 34.7 Å². The Kier molecular flexibility index (Phi) is 5.85. The zero-order chi connectivity index (χ0) is 19.4. The molecule has 1 aliphatic rings. The van der Waals surface area contributed by atoms with Crippen LogP contribution >= 0.6 is 11.3 Å². The predicted molar refractivity (Wildman–Crippen MR) is 104 cm³/mol. The Hall–Kier alpha value is -2.74. The Bertz CT molecular complexity index is 856. The van der Waals surface area contributed by atoms with Gasteiger partial charge in [0.1, 0.15) is 4.88 Å². The molecule has 2 aromatic rings. The van der Waals surface area contributed by atoms with Crippen molar-refractivity contribution in [1.29, 1.82) is 0 Å². The van der Waals surface area contributed by atoms with E-state index in [1.54, 1.807) is 31.2 Å². The van der Waals surface area contributed by atoms with Gasteiger partial charge in [0.05, 0.1) is 10.7 Å². The molecule has 1 aromatic carbocycles. The van der Waals surface area contributed by atoms with Gasteiger partial charge in [-0.1, -0.05) is 0 Å². The number of aryl methyl sites for hydroxylation is 2. The molecule has 3 amide bonds. The van der Waals surface area contributed by atoms with Crippen molar-refractivity contribution in [3.05, 3.63) is 45.4 Å². The van der Waals surface area contributed by atoms with Crippen LogP contribution in [0.5, 0.6) is 0 Å². The average molecular weight is 386 g/mol. The number of nitrogens with one attached hydrogen (secondary N) is 3. The smallest absolute Gasteiger partial charge is 0.267 e. The maximum absolute atomic E-state index is 12.3. The molecule has 8 heteroatoms. The first kappa shape index (κ1) is 19.0. The summed E-state index contributed by atoms with van der Waals surface area (Å²) >= 11 is 1.35. The Morgan fingerprint density at radius 1 is 1.04 bits per heavy atom. The van der Waals surface area contributed by atoms with Gasteiger partial charge in [-0.2, -0.15) is 0 Å². The average Bonchev–Trinajstić information content (AvgIpc) is 3.43. The Balaban J connectivity index is 1.47. The van der Waals surface area contributed by atoms with E-state index in [1.807, 2.05) is 6.92 Å². The second kappa shape index (κ2) is 8.30. The number of benzene rings is 1. The van der Waals surface area contributed by atoms with Gasteiger partial charge in [0.15, 0.2) is 0 Å². The maximum atomic E-state index is 12.3. The fourth-order valence-corrected chi connectivity index (χ4v) is 3.40. The van der Waals surface area contributed by atoms with Gasteiger partial charge in [-0.05, 0) is 51.0 Å². The van der Waals surface area contributed by atoms with Crippen LogP contribution in [0.25, 0.3) is 0 Å². The number of anilines is 1. The van der Waals surface area contributed by atoms with Gasteiger partial charge >= 0.3 is 0 Å². The van der Waals surface area contributed by atoms with E-state index in [0.717, 1.165) is 17.8 Å². The zero-order valence-electron chi connectivity index (χ0n) is 15.3. The molecule has 1 aromatic heterocycles. The molecular formula is C19H22N4O3S. The lowest BCUT2D eigenvalue weighted by molar-refractivity contribution is -0.122. The lowest BCUT2D eigenvalue weighted by Gasteiger charge is -2.08. The predicted octanol–water partition coefficient (Wildman–Crippen LogP) is 2.27. The van der Waals surface area contributed by atoms with Crippen LogP contribution in [0.1, 0.15) is 43.6 Å². The van der Waals surface area contributed by atoms with Crippen molar-refractivity contribution < 1.29 is 14.4 Å². The van der Waals surface area contributed by atoms with Crippen LogP contribution in [0.2, 0.25) is 0 Å². The molecule has 0 saturated heterocycles. The molecule has 0 radical (unpaired) electrons. The van der Waals surface area contributed by atoms with E-state index < -0.39 is 0 Å². The maximum Gasteiger partial charge on any atom is 0.267 e. The van der Waals surface area contributed by atoms with Crippen molar-refractivity contribution in [3.63, 3.8) is 0 Å². The number of thiazole rings is 1. The van der Waals surface area contributed by atoms with Crippen LogP contribution in [0, 0.1) is 19.8 Å². The second-order valence-electron chi connectivity index (χ2n) is 6.50. The van der Waals surface area contributed by atoms with E-state index in [-0.39, 0.29) is 23.6 Å². The first-order valence-corrected chi connectivity index (χ1v) is 9.67. The minimum atomic E-state index is -0.220. The van der Waals surface area contributed by atoms with E-state index in [4.69, 9.17) is 0 Å². The topological polar surface area (TPSA) is 100 Å². The van der Waals surface area contributed by atoms with Gasteiger partial charge in [-0.3, -0.25) is 14.4 Å². The third-order valence-electron chi connectivity index (χ3n) is 4.17. The van der Waals surface area contributed by atoms with Crippen LogP contribution in [0.4, 0.5) is 5.69 Å². The number of nitrogens with zero attached hydrogens (tertiary/aromatic N) is 1. The summed E-state index contributed by atoms with van der Waals surface area (Å²) in [7, 11) is 0. The summed E-state index contributed by atoms with van der Waals surface area (Å²) in [5.74, 6) is -0.194. The first-order valence-electron chi connectivity index (χ1n) is 8.85. The Labute approximate surface area is 161 Å². The minimum Gasteiger partial charge on any atom is -0.354 e. The molecule has 3 rings (SSSR count). The highest BCUT2D eigenvalue weighted by atomic mass is 32.1. The molecular weight excluding hydrogens is 364 g/mol.